The molecule has 0 saturated carbocycles. The van der Waals surface area contributed by atoms with Gasteiger partial charge in [-0.1, -0.05) is 0 Å². The summed E-state index contributed by atoms with van der Waals surface area (Å²) in [6.45, 7) is 4.75. The van der Waals surface area contributed by atoms with E-state index in [-0.39, 0.29) is 17.7 Å². The van der Waals surface area contributed by atoms with Crippen molar-refractivity contribution in [1.82, 2.24) is 14.8 Å². The Balaban J connectivity index is 1.73. The maximum absolute atomic E-state index is 13.2. The molecular formula is C21H24FN3O4. The van der Waals surface area contributed by atoms with E-state index in [1.807, 2.05) is 0 Å². The van der Waals surface area contributed by atoms with Gasteiger partial charge in [0, 0.05) is 31.0 Å². The Kier molecular flexibility index (Phi) is 6.31. The Morgan fingerprint density at radius 2 is 1.83 bits per heavy atom. The van der Waals surface area contributed by atoms with Crippen LogP contribution in [-0.4, -0.2) is 47.2 Å². The number of carbonyl (C=O) groups excluding carboxylic acids is 2. The molecule has 0 bridgehead atoms. The smallest absolute Gasteiger partial charge is 0.409 e. The van der Waals surface area contributed by atoms with Crippen LogP contribution in [0.25, 0.3) is 5.69 Å². The van der Waals surface area contributed by atoms with Crippen molar-refractivity contribution in [2.75, 3.05) is 19.7 Å². The lowest BCUT2D eigenvalue weighted by Crippen LogP contribution is -2.47. The average molecular weight is 401 g/mol. The van der Waals surface area contributed by atoms with E-state index in [9.17, 15) is 18.8 Å². The Hall–Kier alpha value is -3.16. The topological polar surface area (TPSA) is 80.6 Å². The van der Waals surface area contributed by atoms with Crippen molar-refractivity contribution >= 4 is 12.0 Å². The largest absolute Gasteiger partial charge is 0.450 e. The number of hydrogen-bond donors (Lipinski definition) is 1. The molecule has 1 saturated heterocycles. The molecule has 0 radical (unpaired) electrons. The summed E-state index contributed by atoms with van der Waals surface area (Å²) >= 11 is 0. The van der Waals surface area contributed by atoms with Crippen LogP contribution in [-0.2, 0) is 4.74 Å². The van der Waals surface area contributed by atoms with Gasteiger partial charge < -0.3 is 15.0 Å². The normalized spacial score (nSPS) is 14.5. The number of carbonyl (C=O) groups is 2. The van der Waals surface area contributed by atoms with E-state index in [0.717, 1.165) is 0 Å². The van der Waals surface area contributed by atoms with Gasteiger partial charge in [0.2, 0.25) is 0 Å². The van der Waals surface area contributed by atoms with Crippen LogP contribution in [0.15, 0.2) is 41.3 Å². The zero-order valence-electron chi connectivity index (χ0n) is 16.5. The number of pyridine rings is 1. The number of rotatable bonds is 4. The SMILES string of the molecule is CCOC(=O)N1CCC(NC(=O)c2c(C)ccn(-c3ccc(F)cc3)c2=O)CC1. The van der Waals surface area contributed by atoms with Gasteiger partial charge in [-0.3, -0.25) is 14.2 Å². The Morgan fingerprint density at radius 3 is 2.45 bits per heavy atom. The highest BCUT2D eigenvalue weighted by Gasteiger charge is 2.26. The summed E-state index contributed by atoms with van der Waals surface area (Å²) in [6, 6.07) is 7.05. The van der Waals surface area contributed by atoms with Gasteiger partial charge in [-0.05, 0) is 62.6 Å². The third kappa shape index (κ3) is 4.64. The number of aryl methyl sites for hydroxylation is 1. The highest BCUT2D eigenvalue weighted by atomic mass is 19.1. The van der Waals surface area contributed by atoms with Crippen LogP contribution in [0.2, 0.25) is 0 Å². The molecule has 0 atom stereocenters. The van der Waals surface area contributed by atoms with Gasteiger partial charge >= 0.3 is 6.09 Å². The zero-order chi connectivity index (χ0) is 21.0. The maximum atomic E-state index is 13.2. The molecule has 29 heavy (non-hydrogen) atoms. The lowest BCUT2D eigenvalue weighted by molar-refractivity contribution is 0.0858. The van der Waals surface area contributed by atoms with Gasteiger partial charge in [0.1, 0.15) is 11.4 Å². The average Bonchev–Trinajstić information content (AvgIpc) is 2.70. The number of halogens is 1. The van der Waals surface area contributed by atoms with Crippen molar-refractivity contribution in [2.24, 2.45) is 0 Å². The first-order valence-electron chi connectivity index (χ1n) is 9.61. The highest BCUT2D eigenvalue weighted by Crippen LogP contribution is 2.14. The second kappa shape index (κ2) is 8.89. The van der Waals surface area contributed by atoms with Crippen molar-refractivity contribution in [3.8, 4) is 5.69 Å². The van der Waals surface area contributed by atoms with E-state index in [2.05, 4.69) is 5.32 Å². The molecule has 3 rings (SSSR count). The van der Waals surface area contributed by atoms with Gasteiger partial charge in [-0.15, -0.1) is 0 Å². The summed E-state index contributed by atoms with van der Waals surface area (Å²) in [5.74, 6) is -0.848. The Bertz CT molecular complexity index is 947. The zero-order valence-corrected chi connectivity index (χ0v) is 16.5. The second-order valence-corrected chi connectivity index (χ2v) is 6.96. The molecule has 2 amide bonds. The monoisotopic (exact) mass is 401 g/mol. The molecule has 1 aliphatic rings. The fraction of sp³-hybridized carbons (Fsp3) is 0.381. The molecule has 0 spiro atoms. The van der Waals surface area contributed by atoms with Crippen molar-refractivity contribution in [3.63, 3.8) is 0 Å². The second-order valence-electron chi connectivity index (χ2n) is 6.96. The summed E-state index contributed by atoms with van der Waals surface area (Å²) in [4.78, 5) is 39.1. The molecule has 2 aromatic rings. The molecule has 1 N–H and O–H groups in total. The number of ether oxygens (including phenoxy) is 1. The van der Waals surface area contributed by atoms with E-state index in [1.165, 1.54) is 28.8 Å². The lowest BCUT2D eigenvalue weighted by Gasteiger charge is -2.31. The molecule has 154 valence electrons. The highest BCUT2D eigenvalue weighted by molar-refractivity contribution is 5.95. The van der Waals surface area contributed by atoms with Crippen LogP contribution in [0.5, 0.6) is 0 Å². The predicted molar refractivity (Wildman–Crippen MR) is 106 cm³/mol. The number of likely N-dealkylation sites (tertiary alicyclic amines) is 1. The van der Waals surface area contributed by atoms with E-state index >= 15 is 0 Å². The van der Waals surface area contributed by atoms with Crippen molar-refractivity contribution < 1.29 is 18.7 Å². The first-order valence-corrected chi connectivity index (χ1v) is 9.61. The lowest BCUT2D eigenvalue weighted by atomic mass is 10.0. The van der Waals surface area contributed by atoms with E-state index < -0.39 is 17.3 Å². The van der Waals surface area contributed by atoms with Crippen LogP contribution < -0.4 is 10.9 Å². The van der Waals surface area contributed by atoms with Gasteiger partial charge in [0.15, 0.2) is 0 Å². The number of amides is 2. The standard InChI is InChI=1S/C21H24FN3O4/c1-3-29-21(28)24-11-9-16(10-12-24)23-19(26)18-14(2)8-13-25(20(18)27)17-6-4-15(22)5-7-17/h4-8,13,16H,3,9-12H2,1-2H3,(H,23,26). The Morgan fingerprint density at radius 1 is 1.17 bits per heavy atom. The molecule has 0 unspecified atom stereocenters. The molecule has 2 heterocycles. The number of benzene rings is 1. The summed E-state index contributed by atoms with van der Waals surface area (Å²) < 4.78 is 19.5. The van der Waals surface area contributed by atoms with Crippen molar-refractivity contribution in [1.29, 1.82) is 0 Å². The summed E-state index contributed by atoms with van der Waals surface area (Å²) in [7, 11) is 0. The minimum Gasteiger partial charge on any atom is -0.450 e. The number of nitrogens with one attached hydrogen (secondary N) is 1. The maximum Gasteiger partial charge on any atom is 0.409 e. The number of piperidine rings is 1. The van der Waals surface area contributed by atoms with Crippen molar-refractivity contribution in [3.05, 3.63) is 63.8 Å². The first-order chi connectivity index (χ1) is 13.9. The quantitative estimate of drug-likeness (QED) is 0.854. The molecule has 7 nitrogen and oxygen atoms in total. The van der Waals surface area contributed by atoms with Gasteiger partial charge in [-0.2, -0.15) is 0 Å². The first kappa shape index (κ1) is 20.6. The van der Waals surface area contributed by atoms with Crippen molar-refractivity contribution in [2.45, 2.75) is 32.7 Å². The van der Waals surface area contributed by atoms with Crippen LogP contribution in [0, 0.1) is 12.7 Å². The molecule has 1 aromatic carbocycles. The molecule has 1 fully saturated rings. The van der Waals surface area contributed by atoms with Gasteiger partial charge in [-0.25, -0.2) is 9.18 Å². The number of nitrogens with zero attached hydrogens (tertiary/aromatic N) is 2. The van der Waals surface area contributed by atoms with Crippen LogP contribution in [0.1, 0.15) is 35.7 Å². The van der Waals surface area contributed by atoms with E-state index in [4.69, 9.17) is 4.74 Å². The predicted octanol–water partition coefficient (Wildman–Crippen LogP) is 2.64. The number of hydrogen-bond acceptors (Lipinski definition) is 4. The number of aromatic nitrogens is 1. The minimum atomic E-state index is -0.460. The molecule has 8 heteroatoms. The van der Waals surface area contributed by atoms with Crippen LogP contribution in [0.4, 0.5) is 9.18 Å². The molecule has 0 aliphatic carbocycles. The third-order valence-electron chi connectivity index (χ3n) is 4.99. The van der Waals surface area contributed by atoms with Gasteiger partial charge in [0.05, 0.1) is 6.61 Å². The summed E-state index contributed by atoms with van der Waals surface area (Å²) in [5.41, 5.74) is 0.644. The van der Waals surface area contributed by atoms with Gasteiger partial charge in [0.25, 0.3) is 11.5 Å². The summed E-state index contributed by atoms with van der Waals surface area (Å²) in [5, 5.41) is 2.91. The molecule has 1 aromatic heterocycles. The summed E-state index contributed by atoms with van der Waals surface area (Å²) in [6.07, 6.45) is 2.39. The van der Waals surface area contributed by atoms with E-state index in [1.54, 1.807) is 31.0 Å². The molecular weight excluding hydrogens is 377 g/mol. The minimum absolute atomic E-state index is 0.0599. The Labute approximate surface area is 168 Å². The molecule has 1 aliphatic heterocycles. The fourth-order valence-electron chi connectivity index (χ4n) is 3.39. The van der Waals surface area contributed by atoms with Crippen LogP contribution in [0.3, 0.4) is 0 Å². The fourth-order valence-corrected chi connectivity index (χ4v) is 3.39. The van der Waals surface area contributed by atoms with E-state index in [0.29, 0.717) is 43.8 Å². The third-order valence-corrected chi connectivity index (χ3v) is 4.99. The van der Waals surface area contributed by atoms with Crippen LogP contribution >= 0.6 is 0 Å².